The lowest BCUT2D eigenvalue weighted by Gasteiger charge is -2.32. The Morgan fingerprint density at radius 3 is 2.43 bits per heavy atom. The van der Waals surface area contributed by atoms with Gasteiger partial charge < -0.3 is 19.1 Å². The fourth-order valence-electron chi connectivity index (χ4n) is 9.00. The molecule has 1 N–H and O–H groups in total. The molecule has 3 heterocycles. The number of hydrogen-bond donors (Lipinski definition) is 1. The van der Waals surface area contributed by atoms with E-state index in [2.05, 4.69) is 11.6 Å². The number of hydrogen-bond acceptors (Lipinski definition) is 10. The van der Waals surface area contributed by atoms with Crippen LogP contribution in [0.1, 0.15) is 99.3 Å². The minimum atomic E-state index is -3.99. The number of amides is 2. The van der Waals surface area contributed by atoms with Gasteiger partial charge in [-0.05, 0) is 138 Å². The third kappa shape index (κ3) is 9.64. The summed E-state index contributed by atoms with van der Waals surface area (Å²) in [5.74, 6) is -2.84. The van der Waals surface area contributed by atoms with E-state index in [4.69, 9.17) is 19.2 Å². The van der Waals surface area contributed by atoms with Crippen LogP contribution in [0, 0.1) is 34.9 Å². The average Bonchev–Trinajstić information content (AvgIpc) is 4.07. The molecule has 7 atom stereocenters. The van der Waals surface area contributed by atoms with E-state index in [1.54, 1.807) is 53.0 Å². The first-order valence-corrected chi connectivity index (χ1v) is 22.9. The normalized spacial score (nSPS) is 28.4. The first-order chi connectivity index (χ1) is 28.7. The molecule has 0 radical (unpaired) electrons. The van der Waals surface area contributed by atoms with Crippen molar-refractivity contribution in [1.82, 2.24) is 14.6 Å². The molecule has 1 saturated heterocycles. The maximum absolute atomic E-state index is 15.1. The number of sulfonamides is 1. The third-order valence-electron chi connectivity index (χ3n) is 13.0. The fraction of sp³-hybridized carbons (Fsp3) is 0.553. The van der Waals surface area contributed by atoms with Crippen LogP contribution in [-0.2, 0) is 33.9 Å². The molecule has 2 amide bonds. The second-order valence-corrected chi connectivity index (χ2v) is 21.3. The summed E-state index contributed by atoms with van der Waals surface area (Å²) < 4.78 is 59.8. The summed E-state index contributed by atoms with van der Waals surface area (Å²) >= 11 is 0. The zero-order chi connectivity index (χ0) is 44.1. The number of benzene rings is 2. The van der Waals surface area contributed by atoms with Gasteiger partial charge in [-0.1, -0.05) is 26.0 Å². The molecule has 4 aliphatic rings. The molecular formula is C47H58FN3O9S. The second-order valence-electron chi connectivity index (χ2n) is 19.1. The molecule has 2 aliphatic heterocycles. The first kappa shape index (κ1) is 44.2. The molecule has 0 bridgehead atoms. The Kier molecular flexibility index (Phi) is 12.2. The van der Waals surface area contributed by atoms with Gasteiger partial charge >= 0.3 is 5.97 Å². The van der Waals surface area contributed by atoms with Crippen molar-refractivity contribution in [2.75, 3.05) is 13.7 Å². The van der Waals surface area contributed by atoms with Crippen LogP contribution in [0.4, 0.5) is 4.39 Å². The standard InChI is InChI=1S/C47H58FN3O9S/c1-28-10-8-9-11-32-25-47(32,44(55)50-61(56,57)46(6)18-19-46)26-40(52)39-23-35(27-51(39)43(54)37(29(2)20-28)24-41(53)60-45(3,4)5)59-42-36-17-16-34(58-7)21-31(36)22-38(49-42)30-12-14-33(48)15-13-30/h9,11-17,21-22,28-29,32,35,37,39H,8,10,18-20,23-27H2,1-7H3,(H,50,55)/b11-9-/t28-,29+,32+,35+,37-,39-,47+/m0/s1. The lowest BCUT2D eigenvalue weighted by Crippen LogP contribution is -2.48. The van der Waals surface area contributed by atoms with Gasteiger partial charge in [0.1, 0.15) is 23.3 Å². The molecule has 0 unspecified atom stereocenters. The maximum Gasteiger partial charge on any atom is 0.307 e. The predicted octanol–water partition coefficient (Wildman–Crippen LogP) is 7.72. The zero-order valence-corrected chi connectivity index (χ0v) is 37.0. The molecular weight excluding hydrogens is 802 g/mol. The molecule has 0 spiro atoms. The number of esters is 1. The summed E-state index contributed by atoms with van der Waals surface area (Å²) in [6.07, 6.45) is 6.07. The van der Waals surface area contributed by atoms with Crippen LogP contribution < -0.4 is 14.2 Å². The van der Waals surface area contributed by atoms with Crippen LogP contribution >= 0.6 is 0 Å². The number of allylic oxidation sites excluding steroid dienone is 2. The van der Waals surface area contributed by atoms with Crippen molar-refractivity contribution in [3.8, 4) is 22.9 Å². The van der Waals surface area contributed by atoms with E-state index in [1.165, 1.54) is 17.0 Å². The van der Waals surface area contributed by atoms with E-state index in [0.717, 1.165) is 11.8 Å². The van der Waals surface area contributed by atoms with Gasteiger partial charge in [0.2, 0.25) is 27.7 Å². The summed E-state index contributed by atoms with van der Waals surface area (Å²) in [6.45, 7) is 11.0. The number of Topliss-reactive ketones (excluding diaryl/α,β-unsaturated/α-hetero) is 1. The Bertz CT molecular complexity index is 2340. The number of aromatic nitrogens is 1. The Hall–Kier alpha value is -4.85. The molecule has 2 saturated carbocycles. The summed E-state index contributed by atoms with van der Waals surface area (Å²) in [6, 6.07) is 12.1. The summed E-state index contributed by atoms with van der Waals surface area (Å²) in [4.78, 5) is 63.8. The van der Waals surface area contributed by atoms with Gasteiger partial charge in [-0.25, -0.2) is 17.8 Å². The Morgan fingerprint density at radius 1 is 1.03 bits per heavy atom. The number of nitrogens with one attached hydrogen (secondary N) is 1. The van der Waals surface area contributed by atoms with Crippen LogP contribution in [0.3, 0.4) is 0 Å². The van der Waals surface area contributed by atoms with Crippen molar-refractivity contribution in [1.29, 1.82) is 0 Å². The smallest absolute Gasteiger partial charge is 0.307 e. The van der Waals surface area contributed by atoms with Gasteiger partial charge in [0.15, 0.2) is 5.78 Å². The zero-order valence-electron chi connectivity index (χ0n) is 36.2. The van der Waals surface area contributed by atoms with Crippen molar-refractivity contribution in [2.45, 2.75) is 122 Å². The molecule has 2 aliphatic carbocycles. The highest BCUT2D eigenvalue weighted by Gasteiger charge is 2.62. The molecule has 3 fully saturated rings. The van der Waals surface area contributed by atoms with E-state index in [0.29, 0.717) is 48.1 Å². The number of methoxy groups -OCH3 is 1. The first-order valence-electron chi connectivity index (χ1n) is 21.4. The minimum absolute atomic E-state index is 0.0162. The Morgan fingerprint density at radius 2 is 1.75 bits per heavy atom. The molecule has 7 rings (SSSR count). The Balaban J connectivity index is 1.26. The number of fused-ring (bicyclic) bond motifs is 3. The van der Waals surface area contributed by atoms with E-state index in [-0.39, 0.29) is 61.8 Å². The lowest BCUT2D eigenvalue weighted by atomic mass is 9.82. The monoisotopic (exact) mass is 859 g/mol. The molecule has 1 aromatic heterocycles. The molecule has 61 heavy (non-hydrogen) atoms. The van der Waals surface area contributed by atoms with Crippen molar-refractivity contribution in [3.05, 3.63) is 66.5 Å². The third-order valence-corrected chi connectivity index (χ3v) is 15.2. The van der Waals surface area contributed by atoms with Crippen molar-refractivity contribution in [2.24, 2.45) is 29.1 Å². The average molecular weight is 860 g/mol. The van der Waals surface area contributed by atoms with E-state index < -0.39 is 67.3 Å². The van der Waals surface area contributed by atoms with E-state index in [1.807, 2.05) is 37.3 Å². The SMILES string of the molecule is COc1ccc2c(O[C@@H]3C[C@H]4C(=O)C[C@]5(C(=O)NS(=O)(=O)C6(C)CC6)C[C@H]5/C=C\CC[C@H](C)C[C@@H](C)[C@H](CC(=O)OC(C)(C)C)C(=O)N4C3)nc(-c3ccc(F)cc3)cc2c1. The maximum atomic E-state index is 15.1. The predicted molar refractivity (Wildman–Crippen MR) is 228 cm³/mol. The van der Waals surface area contributed by atoms with Crippen LogP contribution in [0.5, 0.6) is 11.6 Å². The quantitative estimate of drug-likeness (QED) is 0.167. The van der Waals surface area contributed by atoms with Gasteiger partial charge in [0.05, 0.1) is 47.9 Å². The van der Waals surface area contributed by atoms with Gasteiger partial charge in [0.25, 0.3) is 0 Å². The number of carbonyl (C=O) groups is 4. The van der Waals surface area contributed by atoms with Gasteiger partial charge in [-0.15, -0.1) is 0 Å². The highest BCUT2D eigenvalue weighted by atomic mass is 32.2. The number of halogens is 1. The van der Waals surface area contributed by atoms with Gasteiger partial charge in [0, 0.05) is 23.8 Å². The van der Waals surface area contributed by atoms with Crippen LogP contribution in [0.25, 0.3) is 22.0 Å². The van der Waals surface area contributed by atoms with Crippen LogP contribution in [-0.4, -0.2) is 78.0 Å². The topological polar surface area (TPSA) is 158 Å². The number of ketones is 1. The minimum Gasteiger partial charge on any atom is -0.497 e. The van der Waals surface area contributed by atoms with E-state index >= 15 is 4.79 Å². The molecule has 2 aromatic carbocycles. The second kappa shape index (κ2) is 16.8. The van der Waals surface area contributed by atoms with Gasteiger partial charge in [-0.2, -0.15) is 0 Å². The highest BCUT2D eigenvalue weighted by molar-refractivity contribution is 7.91. The summed E-state index contributed by atoms with van der Waals surface area (Å²) in [7, 11) is -2.43. The van der Waals surface area contributed by atoms with Crippen molar-refractivity contribution >= 4 is 44.4 Å². The van der Waals surface area contributed by atoms with Crippen LogP contribution in [0.15, 0.2) is 60.7 Å². The lowest BCUT2D eigenvalue weighted by molar-refractivity contribution is -0.160. The highest BCUT2D eigenvalue weighted by Crippen LogP contribution is 2.58. The number of carbonyl (C=O) groups excluding carboxylic acids is 4. The summed E-state index contributed by atoms with van der Waals surface area (Å²) in [5, 5.41) is 1.38. The Labute approximate surface area is 358 Å². The molecule has 328 valence electrons. The fourth-order valence-corrected chi connectivity index (χ4v) is 10.3. The number of nitrogens with zero attached hydrogens (tertiary/aromatic N) is 2. The number of ether oxygens (including phenoxy) is 3. The number of rotatable bonds is 9. The molecule has 3 aromatic rings. The molecule has 12 nitrogen and oxygen atoms in total. The summed E-state index contributed by atoms with van der Waals surface area (Å²) in [5.41, 5.74) is -0.944. The molecule has 14 heteroatoms. The van der Waals surface area contributed by atoms with Gasteiger partial charge in [-0.3, -0.25) is 23.9 Å². The van der Waals surface area contributed by atoms with Crippen LogP contribution in [0.2, 0.25) is 0 Å². The number of pyridine rings is 1. The van der Waals surface area contributed by atoms with Crippen molar-refractivity contribution < 1.29 is 46.2 Å². The van der Waals surface area contributed by atoms with E-state index in [9.17, 15) is 27.2 Å². The largest absolute Gasteiger partial charge is 0.497 e. The van der Waals surface area contributed by atoms with Crippen molar-refractivity contribution in [3.63, 3.8) is 0 Å².